The molecule has 0 N–H and O–H groups in total. The summed E-state index contributed by atoms with van der Waals surface area (Å²) in [5.41, 5.74) is 0. The van der Waals surface area contributed by atoms with E-state index in [2.05, 4.69) is 0 Å². The maximum Gasteiger partial charge on any atom is 0.131 e. The number of methoxy groups -OCH3 is 1. The van der Waals surface area contributed by atoms with Gasteiger partial charge in [-0.3, -0.25) is 0 Å². The maximum absolute atomic E-state index is 5.80. The molecule has 5 nitrogen and oxygen atoms in total. The second kappa shape index (κ2) is 10.8. The molecule has 0 aliphatic rings. The molecule has 0 aromatic heterocycles. The van der Waals surface area contributed by atoms with Gasteiger partial charge in [0.05, 0.1) is 20.3 Å². The summed E-state index contributed by atoms with van der Waals surface area (Å²) in [6, 6.07) is 24.7. The van der Waals surface area contributed by atoms with E-state index in [1.54, 1.807) is 7.11 Å². The van der Waals surface area contributed by atoms with Gasteiger partial charge in [-0.2, -0.15) is 0 Å². The molecule has 0 amide bonds. The van der Waals surface area contributed by atoms with E-state index in [9.17, 15) is 0 Å². The summed E-state index contributed by atoms with van der Waals surface area (Å²) in [6.07, 6.45) is 0. The molecule has 0 unspecified atom stereocenters. The van der Waals surface area contributed by atoms with Crippen molar-refractivity contribution in [2.75, 3.05) is 33.5 Å². The number of rotatable bonds is 11. The molecule has 3 aromatic rings. The van der Waals surface area contributed by atoms with E-state index in [4.69, 9.17) is 23.7 Å². The summed E-state index contributed by atoms with van der Waals surface area (Å²) < 4.78 is 27.8. The highest BCUT2D eigenvalue weighted by Gasteiger charge is 2.00. The van der Waals surface area contributed by atoms with Gasteiger partial charge in [-0.15, -0.1) is 0 Å². The Labute approximate surface area is 165 Å². The van der Waals surface area contributed by atoms with E-state index >= 15 is 0 Å². The predicted octanol–water partition coefficient (Wildman–Crippen LogP) is 4.96. The highest BCUT2D eigenvalue weighted by Crippen LogP contribution is 2.24. The van der Waals surface area contributed by atoms with Crippen molar-refractivity contribution >= 4 is 0 Å². The quantitative estimate of drug-likeness (QED) is 0.440. The van der Waals surface area contributed by atoms with Gasteiger partial charge in [0.15, 0.2) is 0 Å². The molecule has 0 bridgehead atoms. The Hall–Kier alpha value is -3.18. The first-order valence-corrected chi connectivity index (χ1v) is 9.14. The van der Waals surface area contributed by atoms with Gasteiger partial charge >= 0.3 is 0 Å². The van der Waals surface area contributed by atoms with Crippen LogP contribution in [0.2, 0.25) is 0 Å². The molecule has 146 valence electrons. The first-order valence-electron chi connectivity index (χ1n) is 9.14. The lowest BCUT2D eigenvalue weighted by Gasteiger charge is -2.10. The molecule has 5 heteroatoms. The molecule has 0 aliphatic heterocycles. The van der Waals surface area contributed by atoms with E-state index in [1.807, 2.05) is 78.9 Å². The second-order valence-corrected chi connectivity index (χ2v) is 5.87. The molecule has 0 radical (unpaired) electrons. The Morgan fingerprint density at radius 2 is 1.14 bits per heavy atom. The van der Waals surface area contributed by atoms with Crippen LogP contribution in [0.5, 0.6) is 28.7 Å². The Kier molecular flexibility index (Phi) is 7.58. The van der Waals surface area contributed by atoms with Gasteiger partial charge < -0.3 is 23.7 Å². The van der Waals surface area contributed by atoms with Gasteiger partial charge in [-0.25, -0.2) is 0 Å². The van der Waals surface area contributed by atoms with Crippen LogP contribution in [0.1, 0.15) is 0 Å². The summed E-state index contributed by atoms with van der Waals surface area (Å²) in [5.74, 6) is 3.86. The van der Waals surface area contributed by atoms with E-state index in [0.717, 1.165) is 28.7 Å². The summed E-state index contributed by atoms with van der Waals surface area (Å²) in [5, 5.41) is 0. The SMILES string of the molecule is COc1ccc(OCCOCCOc2cccc(Oc3ccccc3)c2)cc1. The average Bonchev–Trinajstić information content (AvgIpc) is 2.74. The zero-order valence-corrected chi connectivity index (χ0v) is 15.9. The lowest BCUT2D eigenvalue weighted by molar-refractivity contribution is 0.0764. The largest absolute Gasteiger partial charge is 0.497 e. The lowest BCUT2D eigenvalue weighted by Crippen LogP contribution is -2.12. The van der Waals surface area contributed by atoms with Gasteiger partial charge in [-0.05, 0) is 48.5 Å². The Morgan fingerprint density at radius 1 is 0.536 bits per heavy atom. The molecule has 0 fully saturated rings. The van der Waals surface area contributed by atoms with Crippen LogP contribution < -0.4 is 18.9 Å². The minimum atomic E-state index is 0.456. The smallest absolute Gasteiger partial charge is 0.131 e. The molecule has 0 heterocycles. The van der Waals surface area contributed by atoms with Crippen molar-refractivity contribution in [2.45, 2.75) is 0 Å². The zero-order valence-electron chi connectivity index (χ0n) is 15.9. The summed E-state index contributed by atoms with van der Waals surface area (Å²) in [4.78, 5) is 0. The van der Waals surface area contributed by atoms with Crippen molar-refractivity contribution in [1.29, 1.82) is 0 Å². The van der Waals surface area contributed by atoms with E-state index in [-0.39, 0.29) is 0 Å². The molecular formula is C23H24O5. The standard InChI is InChI=1S/C23H24O5/c1-24-19-10-12-20(13-11-19)26-16-14-25-15-17-27-22-8-5-9-23(18-22)28-21-6-3-2-4-7-21/h2-13,18H,14-17H2,1H3. The maximum atomic E-state index is 5.80. The van der Waals surface area contributed by atoms with Crippen molar-refractivity contribution in [3.63, 3.8) is 0 Å². The van der Waals surface area contributed by atoms with Gasteiger partial charge in [0.25, 0.3) is 0 Å². The summed E-state index contributed by atoms with van der Waals surface area (Å²) >= 11 is 0. The van der Waals surface area contributed by atoms with Crippen LogP contribution in [-0.4, -0.2) is 33.5 Å². The lowest BCUT2D eigenvalue weighted by atomic mass is 10.3. The van der Waals surface area contributed by atoms with Crippen LogP contribution in [0.25, 0.3) is 0 Å². The van der Waals surface area contributed by atoms with Crippen LogP contribution in [-0.2, 0) is 4.74 Å². The van der Waals surface area contributed by atoms with Gasteiger partial charge in [-0.1, -0.05) is 24.3 Å². The molecule has 0 atom stereocenters. The third kappa shape index (κ3) is 6.52. The first kappa shape index (κ1) is 19.6. The van der Waals surface area contributed by atoms with E-state index in [0.29, 0.717) is 26.4 Å². The van der Waals surface area contributed by atoms with Crippen molar-refractivity contribution in [2.24, 2.45) is 0 Å². The number of ether oxygens (including phenoxy) is 5. The van der Waals surface area contributed by atoms with Crippen molar-refractivity contribution in [3.8, 4) is 28.7 Å². The average molecular weight is 380 g/mol. The number of benzene rings is 3. The van der Waals surface area contributed by atoms with Gasteiger partial charge in [0, 0.05) is 6.07 Å². The Bertz CT molecular complexity index is 818. The van der Waals surface area contributed by atoms with E-state index < -0.39 is 0 Å². The molecule has 0 aliphatic carbocycles. The van der Waals surface area contributed by atoms with Crippen molar-refractivity contribution < 1.29 is 23.7 Å². The fourth-order valence-corrected chi connectivity index (χ4v) is 2.46. The Balaban J connectivity index is 1.31. The van der Waals surface area contributed by atoms with Gasteiger partial charge in [0.2, 0.25) is 0 Å². The van der Waals surface area contributed by atoms with Crippen LogP contribution in [0, 0.1) is 0 Å². The van der Waals surface area contributed by atoms with Crippen LogP contribution in [0.4, 0.5) is 0 Å². The molecule has 0 saturated carbocycles. The second-order valence-electron chi connectivity index (χ2n) is 5.87. The highest BCUT2D eigenvalue weighted by molar-refractivity contribution is 5.36. The third-order valence-corrected chi connectivity index (χ3v) is 3.84. The molecule has 0 saturated heterocycles. The highest BCUT2D eigenvalue weighted by atomic mass is 16.5. The zero-order chi connectivity index (χ0) is 19.4. The number of para-hydroxylation sites is 1. The third-order valence-electron chi connectivity index (χ3n) is 3.84. The number of hydrogen-bond donors (Lipinski definition) is 0. The molecular weight excluding hydrogens is 356 g/mol. The minimum Gasteiger partial charge on any atom is -0.497 e. The minimum absolute atomic E-state index is 0.456. The molecule has 28 heavy (non-hydrogen) atoms. The van der Waals surface area contributed by atoms with Crippen LogP contribution in [0.3, 0.4) is 0 Å². The topological polar surface area (TPSA) is 46.2 Å². The predicted molar refractivity (Wildman–Crippen MR) is 108 cm³/mol. The van der Waals surface area contributed by atoms with E-state index in [1.165, 1.54) is 0 Å². The van der Waals surface area contributed by atoms with Crippen LogP contribution >= 0.6 is 0 Å². The normalized spacial score (nSPS) is 10.3. The fraction of sp³-hybridized carbons (Fsp3) is 0.217. The first-order chi connectivity index (χ1) is 13.8. The molecule has 3 rings (SSSR count). The van der Waals surface area contributed by atoms with Crippen molar-refractivity contribution in [3.05, 3.63) is 78.9 Å². The summed E-state index contributed by atoms with van der Waals surface area (Å²) in [7, 11) is 1.64. The van der Waals surface area contributed by atoms with Gasteiger partial charge in [0.1, 0.15) is 42.0 Å². The fourth-order valence-electron chi connectivity index (χ4n) is 2.46. The molecule has 3 aromatic carbocycles. The van der Waals surface area contributed by atoms with Crippen molar-refractivity contribution in [1.82, 2.24) is 0 Å². The summed E-state index contributed by atoms with van der Waals surface area (Å²) in [6.45, 7) is 1.91. The monoisotopic (exact) mass is 380 g/mol. The number of hydrogen-bond acceptors (Lipinski definition) is 5. The van der Waals surface area contributed by atoms with Crippen LogP contribution in [0.15, 0.2) is 78.9 Å². The molecule has 0 spiro atoms. The Morgan fingerprint density at radius 3 is 1.86 bits per heavy atom.